The van der Waals surface area contributed by atoms with E-state index in [9.17, 15) is 27.6 Å². The molecule has 1 aromatic rings. The lowest BCUT2D eigenvalue weighted by Crippen LogP contribution is -2.55. The molecule has 0 aliphatic carbocycles. The van der Waals surface area contributed by atoms with Crippen molar-refractivity contribution in [3.63, 3.8) is 0 Å². The molecule has 36 heavy (non-hydrogen) atoms. The topological polar surface area (TPSA) is 87.7 Å². The Morgan fingerprint density at radius 1 is 1.19 bits per heavy atom. The van der Waals surface area contributed by atoms with Gasteiger partial charge in [0.2, 0.25) is 11.8 Å². The Labute approximate surface area is 211 Å². The molecule has 0 spiro atoms. The van der Waals surface area contributed by atoms with Crippen molar-refractivity contribution in [3.8, 4) is 11.5 Å². The number of nitrogens with zero attached hydrogens (tertiary/aromatic N) is 1. The summed E-state index contributed by atoms with van der Waals surface area (Å²) >= 11 is 0. The summed E-state index contributed by atoms with van der Waals surface area (Å²) in [5.74, 6) is 1.57. The second-order valence-electron chi connectivity index (χ2n) is 10.7. The first kappa shape index (κ1) is 29.2. The molecular weight excluding hydrogens is 491 g/mol. The van der Waals surface area contributed by atoms with Crippen molar-refractivity contribution in [2.24, 2.45) is 0 Å². The molecule has 0 saturated carbocycles. The minimum Gasteiger partial charge on any atom is -0.444 e. The molecule has 2 N–H and O–H groups in total. The largest absolute Gasteiger partial charge is 0.444 e. The van der Waals surface area contributed by atoms with Crippen LogP contribution in [-0.4, -0.2) is 56.4 Å². The molecule has 1 aromatic carbocycles. The number of amides is 3. The zero-order valence-electron chi connectivity index (χ0n) is 21.7. The maximum Gasteiger partial charge on any atom is 0.408 e. The maximum atomic E-state index is 13.5. The predicted octanol–water partition coefficient (Wildman–Crippen LogP) is 4.16. The molecule has 1 aliphatic rings. The van der Waals surface area contributed by atoms with Crippen LogP contribution >= 0.6 is 0 Å². The van der Waals surface area contributed by atoms with Crippen LogP contribution in [0.5, 0.6) is 0 Å². The number of ether oxygens (including phenoxy) is 1. The molecule has 11 heteroatoms. The summed E-state index contributed by atoms with van der Waals surface area (Å²) in [6.45, 7) is 11.5. The van der Waals surface area contributed by atoms with Gasteiger partial charge in [0.25, 0.3) is 0 Å². The van der Waals surface area contributed by atoms with E-state index in [0.717, 1.165) is 0 Å². The van der Waals surface area contributed by atoms with Crippen molar-refractivity contribution in [2.45, 2.75) is 84.0 Å². The molecule has 0 radical (unpaired) electrons. The van der Waals surface area contributed by atoms with Gasteiger partial charge in [-0.25, -0.2) is 4.79 Å². The van der Waals surface area contributed by atoms with E-state index in [0.29, 0.717) is 16.8 Å². The standard InChI is InChI=1S/C25H34F3N3O4Si/c1-8-18(30-23(34)35-24(2,3)4)22(33)31-19-10-9-16(11-12-36(5,6)7)13-17(19)14-20(31)21(32)29-15-25(26,27)28/h9-10,13,18,20H,8,14-15H2,1-7H3,(H,29,32)(H,30,34)/t18-,20+/m0/s1. The number of fused-ring (bicyclic) bond motifs is 1. The number of halogens is 3. The summed E-state index contributed by atoms with van der Waals surface area (Å²) in [6.07, 6.45) is -5.20. The van der Waals surface area contributed by atoms with E-state index >= 15 is 0 Å². The van der Waals surface area contributed by atoms with Gasteiger partial charge in [0.05, 0.1) is 0 Å². The first-order valence-corrected chi connectivity index (χ1v) is 15.2. The van der Waals surface area contributed by atoms with Crippen LogP contribution in [0, 0.1) is 11.5 Å². The average molecular weight is 526 g/mol. The van der Waals surface area contributed by atoms with Crippen LogP contribution in [0.25, 0.3) is 0 Å². The predicted molar refractivity (Wildman–Crippen MR) is 134 cm³/mol. The highest BCUT2D eigenvalue weighted by Gasteiger charge is 2.42. The van der Waals surface area contributed by atoms with Gasteiger partial charge in [0.15, 0.2) is 0 Å². The van der Waals surface area contributed by atoms with Crippen LogP contribution in [0.4, 0.5) is 23.7 Å². The SMILES string of the molecule is CC[C@H](NC(=O)OC(C)(C)C)C(=O)N1c2ccc(C#C[Si](C)(C)C)cc2C[C@@H]1C(=O)NCC(F)(F)F. The number of anilines is 1. The monoisotopic (exact) mass is 525 g/mol. The Morgan fingerprint density at radius 3 is 2.36 bits per heavy atom. The normalized spacial score (nSPS) is 16.4. The summed E-state index contributed by atoms with van der Waals surface area (Å²) in [6, 6.07) is 2.85. The lowest BCUT2D eigenvalue weighted by Gasteiger charge is -2.29. The number of nitrogens with one attached hydrogen (secondary N) is 2. The summed E-state index contributed by atoms with van der Waals surface area (Å²) in [5, 5.41) is 4.39. The summed E-state index contributed by atoms with van der Waals surface area (Å²) in [7, 11) is -1.66. The number of rotatable bonds is 5. The van der Waals surface area contributed by atoms with E-state index in [-0.39, 0.29) is 12.8 Å². The molecule has 2 rings (SSSR count). The molecule has 0 saturated heterocycles. The fraction of sp³-hybridized carbons (Fsp3) is 0.560. The van der Waals surface area contributed by atoms with Gasteiger partial charge in [-0.15, -0.1) is 5.54 Å². The molecule has 0 unspecified atom stereocenters. The van der Waals surface area contributed by atoms with E-state index in [4.69, 9.17) is 4.74 Å². The summed E-state index contributed by atoms with van der Waals surface area (Å²) < 4.78 is 43.5. The van der Waals surface area contributed by atoms with Crippen molar-refractivity contribution in [2.75, 3.05) is 11.4 Å². The second-order valence-corrected chi connectivity index (χ2v) is 15.5. The molecule has 0 bridgehead atoms. The third-order valence-corrected chi connectivity index (χ3v) is 5.92. The molecule has 1 heterocycles. The third kappa shape index (κ3) is 8.59. The average Bonchev–Trinajstić information content (AvgIpc) is 3.10. The molecule has 198 valence electrons. The number of alkyl carbamates (subject to hydrolysis) is 1. The Balaban J connectivity index is 2.40. The number of benzene rings is 1. The van der Waals surface area contributed by atoms with Gasteiger partial charge < -0.3 is 15.4 Å². The van der Waals surface area contributed by atoms with Gasteiger partial charge in [-0.2, -0.15) is 13.2 Å². The molecule has 2 atom stereocenters. The molecule has 0 fully saturated rings. The molecule has 1 aliphatic heterocycles. The van der Waals surface area contributed by atoms with E-state index < -0.39 is 56.4 Å². The number of hydrogen-bond donors (Lipinski definition) is 2. The lowest BCUT2D eigenvalue weighted by molar-refractivity contribution is -0.139. The van der Waals surface area contributed by atoms with Gasteiger partial charge in [-0.3, -0.25) is 14.5 Å². The molecule has 3 amide bonds. The highest BCUT2D eigenvalue weighted by molar-refractivity contribution is 6.83. The van der Waals surface area contributed by atoms with Crippen LogP contribution in [0.2, 0.25) is 19.6 Å². The highest BCUT2D eigenvalue weighted by atomic mass is 28.3. The minimum atomic E-state index is -4.60. The van der Waals surface area contributed by atoms with Crippen molar-refractivity contribution >= 4 is 31.7 Å². The molecule has 7 nitrogen and oxygen atoms in total. The number of carbonyl (C=O) groups excluding carboxylic acids is 3. The Morgan fingerprint density at radius 2 is 1.83 bits per heavy atom. The molecule has 0 aromatic heterocycles. The van der Waals surface area contributed by atoms with Gasteiger partial charge >= 0.3 is 12.3 Å². The smallest absolute Gasteiger partial charge is 0.408 e. The maximum absolute atomic E-state index is 13.5. The van der Waals surface area contributed by atoms with Crippen molar-refractivity contribution in [3.05, 3.63) is 29.3 Å². The second kappa shape index (κ2) is 10.9. The number of carbonyl (C=O) groups is 3. The van der Waals surface area contributed by atoms with E-state index in [1.807, 2.05) is 5.32 Å². The van der Waals surface area contributed by atoms with Crippen molar-refractivity contribution < 1.29 is 32.3 Å². The van der Waals surface area contributed by atoms with Crippen LogP contribution in [0.1, 0.15) is 45.2 Å². The summed E-state index contributed by atoms with van der Waals surface area (Å²) in [5.41, 5.74) is 4.16. The third-order valence-electron chi connectivity index (χ3n) is 5.05. The van der Waals surface area contributed by atoms with E-state index in [1.54, 1.807) is 45.9 Å². The van der Waals surface area contributed by atoms with Crippen LogP contribution in [0.3, 0.4) is 0 Å². The Kier molecular flexibility index (Phi) is 8.89. The lowest BCUT2D eigenvalue weighted by atomic mass is 10.1. The van der Waals surface area contributed by atoms with Gasteiger partial charge in [0, 0.05) is 17.7 Å². The van der Waals surface area contributed by atoms with Gasteiger partial charge in [0.1, 0.15) is 32.3 Å². The fourth-order valence-corrected chi connectivity index (χ4v) is 4.05. The zero-order valence-corrected chi connectivity index (χ0v) is 22.7. The number of alkyl halides is 3. The first-order chi connectivity index (χ1) is 16.4. The fourth-order valence-electron chi connectivity index (χ4n) is 3.53. The van der Waals surface area contributed by atoms with Gasteiger partial charge in [-0.05, 0) is 51.0 Å². The van der Waals surface area contributed by atoms with Crippen molar-refractivity contribution in [1.29, 1.82) is 0 Å². The van der Waals surface area contributed by atoms with E-state index in [1.165, 1.54) is 4.90 Å². The Hall–Kier alpha value is -3.00. The van der Waals surface area contributed by atoms with Crippen molar-refractivity contribution in [1.82, 2.24) is 10.6 Å². The first-order valence-electron chi connectivity index (χ1n) is 11.7. The summed E-state index contributed by atoms with van der Waals surface area (Å²) in [4.78, 5) is 39.8. The highest BCUT2D eigenvalue weighted by Crippen LogP contribution is 2.34. The van der Waals surface area contributed by atoms with Gasteiger partial charge in [-0.1, -0.05) is 32.5 Å². The number of hydrogen-bond acceptors (Lipinski definition) is 4. The minimum absolute atomic E-state index is 0.0239. The molecular formula is C25H34F3N3O4Si. The quantitative estimate of drug-likeness (QED) is 0.447. The van der Waals surface area contributed by atoms with E-state index in [2.05, 4.69) is 36.4 Å². The van der Waals surface area contributed by atoms with Crippen LogP contribution in [-0.2, 0) is 20.7 Å². The van der Waals surface area contributed by atoms with Crippen LogP contribution in [0.15, 0.2) is 18.2 Å². The van der Waals surface area contributed by atoms with Crippen LogP contribution < -0.4 is 15.5 Å². The Bertz CT molecular complexity index is 1070. The zero-order chi connectivity index (χ0) is 27.5.